The van der Waals surface area contributed by atoms with Gasteiger partial charge in [-0.25, -0.2) is 5.10 Å². The Morgan fingerprint density at radius 3 is 2.67 bits per heavy atom. The lowest BCUT2D eigenvalue weighted by atomic mass is 10.2. The van der Waals surface area contributed by atoms with E-state index in [4.69, 9.17) is 0 Å². The highest BCUT2D eigenvalue weighted by atomic mass is 127. The average Bonchev–Trinajstić information content (AvgIpc) is 3.03. The Bertz CT molecular complexity index is 734. The molecule has 0 aliphatic heterocycles. The summed E-state index contributed by atoms with van der Waals surface area (Å²) in [5.41, 5.74) is 2.32. The number of hydrogen-bond donors (Lipinski definition) is 1. The third kappa shape index (κ3) is 3.46. The molecule has 1 aromatic heterocycles. The zero-order valence-corrected chi connectivity index (χ0v) is 15.3. The second-order valence-corrected chi connectivity index (χ2v) is 7.26. The van der Waals surface area contributed by atoms with Crippen LogP contribution in [0.5, 0.6) is 0 Å². The van der Waals surface area contributed by atoms with E-state index in [2.05, 4.69) is 95.5 Å². The van der Waals surface area contributed by atoms with E-state index in [9.17, 15) is 0 Å². The van der Waals surface area contributed by atoms with E-state index >= 15 is 0 Å². The largest absolute Gasteiger partial charge is 0.239 e. The molecule has 0 bridgehead atoms. The number of nitrogens with zero attached hydrogens (tertiary/aromatic N) is 3. The average molecular weight is 473 g/mol. The van der Waals surface area contributed by atoms with Gasteiger partial charge in [0.25, 0.3) is 0 Å². The smallest absolute Gasteiger partial charge is 0.181 e. The van der Waals surface area contributed by atoms with Crippen LogP contribution >= 0.6 is 50.3 Å². The number of halogens is 2. The zero-order chi connectivity index (χ0) is 14.7. The summed E-state index contributed by atoms with van der Waals surface area (Å²) in [7, 11) is 0. The Morgan fingerprint density at radius 2 is 1.95 bits per heavy atom. The number of H-pyrrole nitrogens is 1. The lowest BCUT2D eigenvalue weighted by Crippen LogP contribution is -1.92. The summed E-state index contributed by atoms with van der Waals surface area (Å²) in [5.74, 6) is 1.59. The molecule has 0 fully saturated rings. The van der Waals surface area contributed by atoms with Gasteiger partial charge in [0, 0.05) is 24.3 Å². The first-order valence-corrected chi connectivity index (χ1v) is 9.00. The summed E-state index contributed by atoms with van der Waals surface area (Å²) >= 11 is 7.71. The molecule has 0 amide bonds. The highest BCUT2D eigenvalue weighted by molar-refractivity contribution is 14.1. The summed E-state index contributed by atoms with van der Waals surface area (Å²) in [6, 6.07) is 14.5. The molecule has 7 heteroatoms. The molecule has 1 N–H and O–H groups in total. The third-order valence-electron chi connectivity index (χ3n) is 2.87. The third-order valence-corrected chi connectivity index (χ3v) is 5.88. The van der Waals surface area contributed by atoms with Gasteiger partial charge in [0.15, 0.2) is 5.82 Å². The van der Waals surface area contributed by atoms with Crippen molar-refractivity contribution in [3.63, 3.8) is 0 Å². The van der Waals surface area contributed by atoms with Crippen molar-refractivity contribution in [1.29, 1.82) is 0 Å². The Morgan fingerprint density at radius 1 is 1.14 bits per heavy atom. The minimum absolute atomic E-state index is 0.691. The van der Waals surface area contributed by atoms with Crippen molar-refractivity contribution >= 4 is 50.3 Å². The van der Waals surface area contributed by atoms with Crippen LogP contribution in [0.25, 0.3) is 11.4 Å². The fraction of sp³-hybridized carbons (Fsp3) is 0.0714. The molecule has 1 heterocycles. The van der Waals surface area contributed by atoms with Crippen LogP contribution in [0.4, 0.5) is 0 Å². The van der Waals surface area contributed by atoms with Crippen LogP contribution in [0.1, 0.15) is 5.56 Å². The Kier molecular flexibility index (Phi) is 4.91. The van der Waals surface area contributed by atoms with Crippen LogP contribution in [0.15, 0.2) is 51.8 Å². The van der Waals surface area contributed by atoms with E-state index in [1.165, 1.54) is 5.56 Å². The summed E-state index contributed by atoms with van der Waals surface area (Å²) in [6.07, 6.45) is 0. The highest BCUT2D eigenvalue weighted by Crippen LogP contribution is 2.39. The van der Waals surface area contributed by atoms with Crippen molar-refractivity contribution < 1.29 is 0 Å². The highest BCUT2D eigenvalue weighted by Gasteiger charge is 2.16. The van der Waals surface area contributed by atoms with E-state index in [0.29, 0.717) is 5.82 Å². The van der Waals surface area contributed by atoms with Gasteiger partial charge in [0.05, 0.1) is 0 Å². The van der Waals surface area contributed by atoms with Gasteiger partial charge in [-0.2, -0.15) is 0 Å². The number of benzene rings is 2. The van der Waals surface area contributed by atoms with E-state index < -0.39 is 0 Å². The van der Waals surface area contributed by atoms with Crippen LogP contribution in [-0.2, 0) is 5.75 Å². The fourth-order valence-electron chi connectivity index (χ4n) is 1.89. The number of aromatic amines is 1. The zero-order valence-electron chi connectivity index (χ0n) is 10.8. The van der Waals surface area contributed by atoms with Crippen LogP contribution in [0, 0.1) is 3.57 Å². The van der Waals surface area contributed by atoms with Crippen molar-refractivity contribution in [3.05, 3.63) is 56.1 Å². The van der Waals surface area contributed by atoms with Crippen molar-refractivity contribution in [2.45, 2.75) is 10.6 Å². The quantitative estimate of drug-likeness (QED) is 0.447. The van der Waals surface area contributed by atoms with Crippen molar-refractivity contribution in [1.82, 2.24) is 20.6 Å². The van der Waals surface area contributed by atoms with Crippen LogP contribution in [0.2, 0.25) is 0 Å². The van der Waals surface area contributed by atoms with Crippen molar-refractivity contribution in [3.8, 4) is 11.4 Å². The molecule has 21 heavy (non-hydrogen) atoms. The number of aromatic nitrogens is 4. The number of thioether (sulfide) groups is 1. The van der Waals surface area contributed by atoms with E-state index in [-0.39, 0.29) is 0 Å². The number of nitrogens with one attached hydrogen (secondary N) is 1. The molecule has 3 aromatic rings. The summed E-state index contributed by atoms with van der Waals surface area (Å²) in [4.78, 5) is 1.14. The summed E-state index contributed by atoms with van der Waals surface area (Å²) < 4.78 is 2.17. The maximum atomic E-state index is 4.05. The lowest BCUT2D eigenvalue weighted by molar-refractivity contribution is 0.881. The van der Waals surface area contributed by atoms with Gasteiger partial charge >= 0.3 is 0 Å². The van der Waals surface area contributed by atoms with Crippen LogP contribution in [0.3, 0.4) is 0 Å². The summed E-state index contributed by atoms with van der Waals surface area (Å²) in [6.45, 7) is 0. The van der Waals surface area contributed by atoms with Crippen LogP contribution < -0.4 is 0 Å². The maximum absolute atomic E-state index is 4.05. The molecule has 2 aromatic carbocycles. The first-order chi connectivity index (χ1) is 10.3. The normalized spacial score (nSPS) is 10.8. The predicted octanol–water partition coefficient (Wildman–Crippen LogP) is 4.53. The minimum atomic E-state index is 0.691. The predicted molar refractivity (Wildman–Crippen MR) is 96.0 cm³/mol. The fourth-order valence-corrected chi connectivity index (χ4v) is 4.51. The van der Waals surface area contributed by atoms with E-state index in [1.54, 1.807) is 11.8 Å². The number of rotatable bonds is 4. The van der Waals surface area contributed by atoms with Gasteiger partial charge in [-0.15, -0.1) is 16.9 Å². The lowest BCUT2D eigenvalue weighted by Gasteiger charge is -2.11. The van der Waals surface area contributed by atoms with Gasteiger partial charge in [0.1, 0.15) is 0 Å². The molecule has 0 spiro atoms. The Balaban J connectivity index is 1.96. The van der Waals surface area contributed by atoms with Gasteiger partial charge in [-0.05, 0) is 66.6 Å². The van der Waals surface area contributed by atoms with Gasteiger partial charge in [-0.1, -0.05) is 30.3 Å². The van der Waals surface area contributed by atoms with Gasteiger partial charge in [-0.3, -0.25) is 0 Å². The molecule has 0 aliphatic carbocycles. The van der Waals surface area contributed by atoms with Crippen LogP contribution in [-0.4, -0.2) is 20.6 Å². The second-order valence-electron chi connectivity index (χ2n) is 4.26. The van der Waals surface area contributed by atoms with Crippen molar-refractivity contribution in [2.75, 3.05) is 0 Å². The topological polar surface area (TPSA) is 54.5 Å². The second kappa shape index (κ2) is 6.89. The number of hydrogen-bond acceptors (Lipinski definition) is 4. The molecule has 0 aliphatic rings. The van der Waals surface area contributed by atoms with E-state index in [1.807, 2.05) is 6.07 Å². The van der Waals surface area contributed by atoms with Crippen molar-refractivity contribution in [2.24, 2.45) is 0 Å². The molecule has 0 saturated heterocycles. The number of tetrazole rings is 1. The SMILES string of the molecule is Brc1ccc(I)c(-c2nnn[nH]2)c1SCc1ccccc1. The molecular weight excluding hydrogens is 463 g/mol. The Labute approximate surface area is 148 Å². The van der Waals surface area contributed by atoms with Gasteiger partial charge in [0.2, 0.25) is 0 Å². The van der Waals surface area contributed by atoms with Gasteiger partial charge < -0.3 is 0 Å². The molecule has 0 atom stereocenters. The first-order valence-electron chi connectivity index (χ1n) is 6.14. The molecule has 3 rings (SSSR count). The molecule has 106 valence electrons. The summed E-state index contributed by atoms with van der Waals surface area (Å²) in [5, 5.41) is 14.3. The monoisotopic (exact) mass is 472 g/mol. The first kappa shape index (κ1) is 15.0. The molecule has 0 radical (unpaired) electrons. The minimum Gasteiger partial charge on any atom is -0.239 e. The molecule has 0 unspecified atom stereocenters. The standard InChI is InChI=1S/C14H10BrIN4S/c15-10-6-7-11(16)12(14-17-19-20-18-14)13(10)21-8-9-4-2-1-3-5-9/h1-7H,8H2,(H,17,18,19,20). The molecular formula is C14H10BrIN4S. The molecule has 4 nitrogen and oxygen atoms in total. The molecule has 0 saturated carbocycles. The van der Waals surface area contributed by atoms with E-state index in [0.717, 1.165) is 24.3 Å². The Hall–Kier alpha value is -0.930. The maximum Gasteiger partial charge on any atom is 0.181 e.